The van der Waals surface area contributed by atoms with E-state index < -0.39 is 0 Å². The van der Waals surface area contributed by atoms with Gasteiger partial charge in [0.2, 0.25) is 0 Å². The van der Waals surface area contributed by atoms with Crippen LogP contribution < -0.4 is 10.2 Å². The van der Waals surface area contributed by atoms with E-state index in [4.69, 9.17) is 0 Å². The minimum atomic E-state index is -0.342. The molecule has 2 rings (SSSR count). The fourth-order valence-corrected chi connectivity index (χ4v) is 1.76. The van der Waals surface area contributed by atoms with Crippen LogP contribution in [0.2, 0.25) is 0 Å². The van der Waals surface area contributed by atoms with Crippen LogP contribution in [0.1, 0.15) is 23.8 Å². The zero-order chi connectivity index (χ0) is 15.2. The normalized spacial score (nSPS) is 10.2. The molecular weight excluding hydrogens is 271 g/mol. The van der Waals surface area contributed by atoms with Gasteiger partial charge in [0, 0.05) is 19.3 Å². The average Bonchev–Trinajstić information content (AvgIpc) is 2.52. The second-order valence-electron chi connectivity index (χ2n) is 4.56. The predicted molar refractivity (Wildman–Crippen MR) is 79.9 cm³/mol. The Morgan fingerprint density at radius 1 is 1.29 bits per heavy atom. The first-order valence-corrected chi connectivity index (χ1v) is 6.71. The highest BCUT2D eigenvalue weighted by Crippen LogP contribution is 2.15. The van der Waals surface area contributed by atoms with Crippen LogP contribution in [0.4, 0.5) is 15.9 Å². The average molecular weight is 288 g/mol. The highest BCUT2D eigenvalue weighted by atomic mass is 19.1. The second-order valence-corrected chi connectivity index (χ2v) is 4.56. The van der Waals surface area contributed by atoms with E-state index in [1.54, 1.807) is 25.4 Å². The summed E-state index contributed by atoms with van der Waals surface area (Å²) in [7, 11) is 1.61. The predicted octanol–water partition coefficient (Wildman–Crippen LogP) is 2.71. The molecule has 0 aliphatic carbocycles. The molecule has 5 nitrogen and oxygen atoms in total. The maximum absolute atomic E-state index is 12.9. The molecule has 0 aliphatic rings. The fraction of sp³-hybridized carbons (Fsp3) is 0.267. The number of benzene rings is 1. The van der Waals surface area contributed by atoms with Crippen molar-refractivity contribution in [3.05, 3.63) is 48.2 Å². The van der Waals surface area contributed by atoms with Gasteiger partial charge in [0.05, 0.1) is 12.4 Å². The first-order valence-electron chi connectivity index (χ1n) is 6.71. The molecule has 0 aliphatic heterocycles. The molecule has 0 bridgehead atoms. The highest BCUT2D eigenvalue weighted by Gasteiger charge is 2.15. The Bertz CT molecular complexity index is 615. The van der Waals surface area contributed by atoms with E-state index in [0.29, 0.717) is 11.5 Å². The Kier molecular flexibility index (Phi) is 4.81. The van der Waals surface area contributed by atoms with Gasteiger partial charge in [-0.15, -0.1) is 0 Å². The monoisotopic (exact) mass is 288 g/mol. The Morgan fingerprint density at radius 3 is 2.67 bits per heavy atom. The van der Waals surface area contributed by atoms with Crippen LogP contribution >= 0.6 is 0 Å². The molecule has 1 N–H and O–H groups in total. The van der Waals surface area contributed by atoms with Crippen molar-refractivity contribution >= 4 is 17.4 Å². The van der Waals surface area contributed by atoms with Crippen molar-refractivity contribution in [2.45, 2.75) is 13.3 Å². The number of carbonyl (C=O) groups is 1. The van der Waals surface area contributed by atoms with E-state index in [0.717, 1.165) is 13.0 Å². The largest absolute Gasteiger partial charge is 0.369 e. The van der Waals surface area contributed by atoms with E-state index in [-0.39, 0.29) is 17.4 Å². The number of nitrogens with zero attached hydrogens (tertiary/aromatic N) is 3. The topological polar surface area (TPSA) is 58.1 Å². The van der Waals surface area contributed by atoms with Gasteiger partial charge in [-0.2, -0.15) is 0 Å². The quantitative estimate of drug-likeness (QED) is 0.919. The van der Waals surface area contributed by atoms with E-state index >= 15 is 0 Å². The molecule has 2 aromatic rings. The lowest BCUT2D eigenvalue weighted by atomic mass is 10.2. The molecule has 110 valence electrons. The number of amides is 1. The van der Waals surface area contributed by atoms with Gasteiger partial charge in [0.25, 0.3) is 5.91 Å². The summed E-state index contributed by atoms with van der Waals surface area (Å²) < 4.78 is 12.9. The SMILES string of the molecule is CCCNc1cncc(C(=O)N(C)c2ccc(F)cc2)n1. The van der Waals surface area contributed by atoms with Gasteiger partial charge < -0.3 is 10.2 Å². The number of rotatable bonds is 5. The number of aromatic nitrogens is 2. The van der Waals surface area contributed by atoms with Crippen LogP contribution in [0.3, 0.4) is 0 Å². The summed E-state index contributed by atoms with van der Waals surface area (Å²) in [5.74, 6) is -0.0744. The summed E-state index contributed by atoms with van der Waals surface area (Å²) in [6.07, 6.45) is 3.94. The van der Waals surface area contributed by atoms with Crippen LogP contribution in [-0.4, -0.2) is 29.5 Å². The standard InChI is InChI=1S/C15H17FN4O/c1-3-8-18-14-10-17-9-13(19-14)15(21)20(2)12-6-4-11(16)5-7-12/h4-7,9-10H,3,8H2,1-2H3,(H,18,19). The molecule has 21 heavy (non-hydrogen) atoms. The van der Waals surface area contributed by atoms with Gasteiger partial charge >= 0.3 is 0 Å². The summed E-state index contributed by atoms with van der Waals surface area (Å²) in [6.45, 7) is 2.80. The third kappa shape index (κ3) is 3.75. The molecule has 0 saturated carbocycles. The number of anilines is 2. The third-order valence-electron chi connectivity index (χ3n) is 2.93. The zero-order valence-electron chi connectivity index (χ0n) is 12.0. The molecule has 1 aromatic heterocycles. The van der Waals surface area contributed by atoms with Crippen molar-refractivity contribution in [3.8, 4) is 0 Å². The van der Waals surface area contributed by atoms with Crippen molar-refractivity contribution in [2.75, 3.05) is 23.8 Å². The number of hydrogen-bond acceptors (Lipinski definition) is 4. The summed E-state index contributed by atoms with van der Waals surface area (Å²) in [4.78, 5) is 22.0. The van der Waals surface area contributed by atoms with Gasteiger partial charge in [-0.05, 0) is 30.7 Å². The first kappa shape index (κ1) is 14.9. The van der Waals surface area contributed by atoms with Gasteiger partial charge in [-0.3, -0.25) is 9.78 Å². The molecule has 1 amide bonds. The fourth-order valence-electron chi connectivity index (χ4n) is 1.76. The van der Waals surface area contributed by atoms with Crippen LogP contribution in [0.15, 0.2) is 36.7 Å². The first-order chi connectivity index (χ1) is 10.1. The lowest BCUT2D eigenvalue weighted by Crippen LogP contribution is -2.27. The van der Waals surface area contributed by atoms with Gasteiger partial charge in [-0.25, -0.2) is 9.37 Å². The Morgan fingerprint density at radius 2 is 2.00 bits per heavy atom. The molecule has 0 fully saturated rings. The Balaban J connectivity index is 2.17. The molecule has 6 heteroatoms. The Hall–Kier alpha value is -2.50. The number of halogens is 1. The van der Waals surface area contributed by atoms with Crippen molar-refractivity contribution < 1.29 is 9.18 Å². The molecule has 0 spiro atoms. The van der Waals surface area contributed by atoms with Gasteiger partial charge in [-0.1, -0.05) is 6.92 Å². The number of nitrogens with one attached hydrogen (secondary N) is 1. The summed E-state index contributed by atoms with van der Waals surface area (Å²) in [6, 6.07) is 5.70. The van der Waals surface area contributed by atoms with E-state index in [1.165, 1.54) is 23.2 Å². The molecule has 0 saturated heterocycles. The molecule has 0 radical (unpaired) electrons. The molecule has 0 atom stereocenters. The van der Waals surface area contributed by atoms with E-state index in [2.05, 4.69) is 15.3 Å². The van der Waals surface area contributed by atoms with E-state index in [9.17, 15) is 9.18 Å². The smallest absolute Gasteiger partial charge is 0.278 e. The molecule has 1 aromatic carbocycles. The minimum Gasteiger partial charge on any atom is -0.369 e. The summed E-state index contributed by atoms with van der Waals surface area (Å²) in [5.41, 5.74) is 0.832. The minimum absolute atomic E-state index is 0.239. The van der Waals surface area contributed by atoms with Crippen molar-refractivity contribution in [1.82, 2.24) is 9.97 Å². The summed E-state index contributed by atoms with van der Waals surface area (Å²) >= 11 is 0. The van der Waals surface area contributed by atoms with E-state index in [1.807, 2.05) is 6.92 Å². The van der Waals surface area contributed by atoms with Crippen LogP contribution in [0.25, 0.3) is 0 Å². The molecule has 1 heterocycles. The van der Waals surface area contributed by atoms with Gasteiger partial charge in [0.15, 0.2) is 0 Å². The van der Waals surface area contributed by atoms with Gasteiger partial charge in [0.1, 0.15) is 17.3 Å². The highest BCUT2D eigenvalue weighted by molar-refractivity contribution is 6.04. The second kappa shape index (κ2) is 6.78. The zero-order valence-corrected chi connectivity index (χ0v) is 12.0. The molecule has 0 unspecified atom stereocenters. The van der Waals surface area contributed by atoms with Crippen LogP contribution in [0.5, 0.6) is 0 Å². The van der Waals surface area contributed by atoms with Crippen molar-refractivity contribution in [3.63, 3.8) is 0 Å². The maximum atomic E-state index is 12.9. The number of carbonyl (C=O) groups excluding carboxylic acids is 1. The third-order valence-corrected chi connectivity index (χ3v) is 2.93. The maximum Gasteiger partial charge on any atom is 0.278 e. The number of hydrogen-bond donors (Lipinski definition) is 1. The lowest BCUT2D eigenvalue weighted by molar-refractivity contribution is 0.0988. The van der Waals surface area contributed by atoms with Crippen molar-refractivity contribution in [1.29, 1.82) is 0 Å². The summed E-state index contributed by atoms with van der Waals surface area (Å²) in [5, 5.41) is 3.08. The molecular formula is C15H17FN4O. The Labute approximate surface area is 122 Å². The van der Waals surface area contributed by atoms with Crippen molar-refractivity contribution in [2.24, 2.45) is 0 Å². The lowest BCUT2D eigenvalue weighted by Gasteiger charge is -2.17. The van der Waals surface area contributed by atoms with Crippen LogP contribution in [-0.2, 0) is 0 Å². The van der Waals surface area contributed by atoms with Crippen LogP contribution in [0, 0.1) is 5.82 Å².